The third-order valence-electron chi connectivity index (χ3n) is 25.2. The molecule has 0 bridgehead atoms. The predicted octanol–water partition coefficient (Wildman–Crippen LogP) is 30.6. The van der Waals surface area contributed by atoms with Crippen LogP contribution in [-0.4, -0.2) is 19.9 Å². The first-order valence-electron chi connectivity index (χ1n) is 45.3. The van der Waals surface area contributed by atoms with E-state index < -0.39 is 22.9 Å². The zero-order valence-corrected chi connectivity index (χ0v) is 79.1. The molecule has 0 radical (unpaired) electrons. The Morgan fingerprint density at radius 3 is 0.784 bits per heavy atom. The first kappa shape index (κ1) is 90.1. The average Bonchev–Trinajstić information content (AvgIpc) is 1.55. The quantitative estimate of drug-likeness (QED) is 0.0690. The fourth-order valence-electron chi connectivity index (χ4n) is 18.3. The van der Waals surface area contributed by atoms with E-state index in [1.165, 1.54) is 99.6 Å². The molecule has 134 heavy (non-hydrogen) atoms. The van der Waals surface area contributed by atoms with Crippen LogP contribution in [0, 0.1) is 27.7 Å². The van der Waals surface area contributed by atoms with Gasteiger partial charge in [-0.25, -0.2) is 4.20 Å². The smallest absolute Gasteiger partial charge is 0.171 e. The molecule has 20 aromatic rings. The van der Waals surface area contributed by atoms with Gasteiger partial charge in [-0.1, -0.05) is 287 Å². The Bertz CT molecular complexity index is 6720. The lowest BCUT2D eigenvalue weighted by molar-refractivity contribution is 0.346. The molecular weight excluding hydrogens is 1720 g/mol. The van der Waals surface area contributed by atoms with E-state index >= 15 is 9.13 Å². The molecule has 21 rings (SSSR count). The summed E-state index contributed by atoms with van der Waals surface area (Å²) in [4.78, 5) is 22.2. The van der Waals surface area contributed by atoms with Gasteiger partial charge in [0.15, 0.2) is 14.3 Å². The molecule has 2 atom stereocenters. The first-order chi connectivity index (χ1) is 65.7. The molecule has 0 N–H and O–H groups in total. The van der Waals surface area contributed by atoms with Gasteiger partial charge in [0.2, 0.25) is 0 Å². The van der Waals surface area contributed by atoms with E-state index in [0.29, 0.717) is 11.2 Å². The van der Waals surface area contributed by atoms with Crippen LogP contribution in [0.5, 0.6) is 0 Å². The summed E-state index contributed by atoms with van der Waals surface area (Å²) in [5.41, 5.74) is 29.6. The molecule has 5 aromatic heterocycles. The molecule has 0 aliphatic heterocycles. The molecule has 1 fully saturated rings. The Balaban J connectivity index is 0.000000133. The van der Waals surface area contributed by atoms with Crippen molar-refractivity contribution in [2.45, 2.75) is 65.2 Å². The maximum atomic E-state index is 15.0. The number of fused-ring (bicyclic) bond motifs is 3. The van der Waals surface area contributed by atoms with Crippen molar-refractivity contribution in [1.29, 1.82) is 0 Å². The van der Waals surface area contributed by atoms with Crippen molar-refractivity contribution >= 4 is 120 Å². The molecule has 9 nitrogen and oxygen atoms in total. The summed E-state index contributed by atoms with van der Waals surface area (Å²) in [6.07, 6.45) is 21.0. The Kier molecular flexibility index (Phi) is 27.9. The maximum Gasteiger partial charge on any atom is 0.171 e. The van der Waals surface area contributed by atoms with E-state index in [4.69, 9.17) is 4.42 Å². The summed E-state index contributed by atoms with van der Waals surface area (Å²) in [5, 5.41) is 6.25. The van der Waals surface area contributed by atoms with Gasteiger partial charge < -0.3 is 23.3 Å². The highest BCUT2D eigenvalue weighted by molar-refractivity contribution is 8.00. The van der Waals surface area contributed by atoms with Crippen molar-refractivity contribution in [3.63, 3.8) is 0 Å². The standard InChI is InChI=1S/C46H46N2.C38H26N4.C36H26O3P2.FH3P2/c1-34-8-20-40(21-9-34)47(41-22-10-35(2)11-23-41)44-28-16-38(17-29-44)46(32-6-5-7-33-46)39-18-30-45(31-19-39)48(42-24-12-36(3)13-25-42)43-26-14-37(4)15-27-43;1-6-27(33-17-35(29-8-2-12-39-23-29)21-36(18-33)30-9-3-13-40-24-30)16-28(7-1)34-19-37(31-10-4-14-41-25-31)22-38(20-34)32-11-5-15-42-26-32;37-40(27-13-5-1-6-14-27,28-15-7-2-8-16-28)31-21-23-35-33(25-31)34-26-32(22-24-36(34)39-35)41(38,29-17-9-3-10-18-29)30-19-11-4-12-20-30;1-3-2/h8-31H,5-7,32-33H2,1-4H3;1-26H;1-26H;3H,2H2. The van der Waals surface area contributed by atoms with Crippen LogP contribution < -0.4 is 41.6 Å². The summed E-state index contributed by atoms with van der Waals surface area (Å²) in [6.45, 7) is 8.59. The molecule has 0 spiro atoms. The van der Waals surface area contributed by atoms with Crippen molar-refractivity contribution in [3.8, 4) is 66.8 Å². The molecule has 1 saturated carbocycles. The number of hydrogen-bond donors (Lipinski definition) is 0. The van der Waals surface area contributed by atoms with Gasteiger partial charge in [-0.2, -0.15) is 0 Å². The van der Waals surface area contributed by atoms with Crippen LogP contribution in [0.3, 0.4) is 0 Å². The van der Waals surface area contributed by atoms with E-state index in [2.05, 4.69) is 288 Å². The molecule has 5 heterocycles. The van der Waals surface area contributed by atoms with Gasteiger partial charge in [0, 0.05) is 154 Å². The average molecular weight is 1820 g/mol. The van der Waals surface area contributed by atoms with Crippen LogP contribution in [0.15, 0.2) is 467 Å². The van der Waals surface area contributed by atoms with Crippen LogP contribution >= 0.6 is 31.8 Å². The zero-order valence-electron chi connectivity index (χ0n) is 75.2. The summed E-state index contributed by atoms with van der Waals surface area (Å²) >= 11 is 0. The number of pyridine rings is 4. The number of furan rings is 1. The maximum absolute atomic E-state index is 15.0. The van der Waals surface area contributed by atoms with E-state index in [9.17, 15) is 4.20 Å². The van der Waals surface area contributed by atoms with Gasteiger partial charge in [-0.05, 0) is 272 Å². The molecule has 0 saturated heterocycles. The normalized spacial score (nSPS) is 12.3. The Labute approximate surface area is 789 Å². The minimum Gasteiger partial charge on any atom is -0.456 e. The largest absolute Gasteiger partial charge is 0.456 e. The topological polar surface area (TPSA) is 105 Å². The minimum absolute atomic E-state index is 0.00636. The molecule has 1 aliphatic carbocycles. The van der Waals surface area contributed by atoms with Gasteiger partial charge in [0.1, 0.15) is 11.2 Å². The van der Waals surface area contributed by atoms with Crippen molar-refractivity contribution in [1.82, 2.24) is 19.9 Å². The molecule has 2 unspecified atom stereocenters. The number of halogens is 1. The number of nitrogens with zero attached hydrogens (tertiary/aromatic N) is 6. The highest BCUT2D eigenvalue weighted by Crippen LogP contribution is 2.50. The van der Waals surface area contributed by atoms with Crippen LogP contribution in [0.4, 0.5) is 38.3 Å². The molecule has 14 heteroatoms. The summed E-state index contributed by atoms with van der Waals surface area (Å²) in [6, 6.07) is 143. The molecule has 1 aliphatic rings. The van der Waals surface area contributed by atoms with E-state index in [0.717, 1.165) is 109 Å². The summed E-state index contributed by atoms with van der Waals surface area (Å²) in [5.74, 6) is 0. The highest BCUT2D eigenvalue weighted by atomic mass is 32.0. The lowest BCUT2D eigenvalue weighted by Crippen LogP contribution is -2.30. The summed E-state index contributed by atoms with van der Waals surface area (Å²) in [7, 11) is -4.90. The van der Waals surface area contributed by atoms with Crippen LogP contribution in [0.25, 0.3) is 88.7 Å². The number of hydrogen-bond acceptors (Lipinski definition) is 9. The van der Waals surface area contributed by atoms with Crippen molar-refractivity contribution < 1.29 is 17.7 Å². The van der Waals surface area contributed by atoms with Crippen LogP contribution in [-0.2, 0) is 14.5 Å². The predicted molar refractivity (Wildman–Crippen MR) is 567 cm³/mol. The lowest BCUT2D eigenvalue weighted by atomic mass is 9.65. The van der Waals surface area contributed by atoms with E-state index in [-0.39, 0.29) is 5.41 Å². The fraction of sp³-hybridized carbons (Fsp3) is 0.0833. The van der Waals surface area contributed by atoms with Crippen LogP contribution in [0.1, 0.15) is 65.5 Å². The SMILES string of the molecule is Cc1ccc(N(c2ccc(C)cc2)c2ccc(C3(c4ccc(N(c5ccc(C)cc5)c5ccc(C)cc5)cc4)CCCCC3)cc2)cc1.FPP.O=P(c1ccccc1)(c1ccccc1)c1ccc2oc3ccc(P(=O)(c4ccccc4)c4ccccc4)cc3c2c1.c1cncc(-c2cc(-c3cccnc3)cc(-c3cccc(-c4cc(-c5cccnc5)cc(-c5cccnc5)c4)c3)c2)c1. The molecule has 0 amide bonds. The number of benzene rings is 15. The second-order valence-electron chi connectivity index (χ2n) is 34.0. The summed E-state index contributed by atoms with van der Waals surface area (Å²) < 4.78 is 46.6. The number of anilines is 6. The van der Waals surface area contributed by atoms with Crippen molar-refractivity contribution in [3.05, 3.63) is 495 Å². The number of aromatic nitrogens is 4. The zero-order chi connectivity index (χ0) is 91.8. The van der Waals surface area contributed by atoms with Gasteiger partial charge in [-0.3, -0.25) is 19.9 Å². The van der Waals surface area contributed by atoms with Gasteiger partial charge in [0.25, 0.3) is 0 Å². The van der Waals surface area contributed by atoms with Crippen LogP contribution in [0.2, 0.25) is 0 Å². The van der Waals surface area contributed by atoms with E-state index in [1.807, 2.05) is 216 Å². The highest BCUT2D eigenvalue weighted by Gasteiger charge is 2.37. The van der Waals surface area contributed by atoms with Crippen molar-refractivity contribution in [2.75, 3.05) is 9.80 Å². The molecule has 656 valence electrons. The van der Waals surface area contributed by atoms with Gasteiger partial charge in [0.05, 0.1) is 8.58 Å². The van der Waals surface area contributed by atoms with Crippen molar-refractivity contribution in [2.24, 2.45) is 0 Å². The molecule has 15 aromatic carbocycles. The number of rotatable bonds is 20. The number of aryl methyl sites for hydroxylation is 4. The first-order valence-corrected chi connectivity index (χ1v) is 51.4. The second kappa shape index (κ2) is 41.6. The minimum atomic E-state index is -3.17. The van der Waals surface area contributed by atoms with Gasteiger partial charge >= 0.3 is 0 Å². The Morgan fingerprint density at radius 1 is 0.276 bits per heavy atom. The Morgan fingerprint density at radius 2 is 0.522 bits per heavy atom. The molecular formula is C120H101FN6O3P4. The Hall–Kier alpha value is -14.5. The third kappa shape index (κ3) is 19.9. The van der Waals surface area contributed by atoms with Gasteiger partial charge in [-0.15, -0.1) is 0 Å². The van der Waals surface area contributed by atoms with E-state index in [1.54, 1.807) is 24.8 Å². The fourth-order valence-corrected chi connectivity index (χ4v) is 23.6. The second-order valence-corrected chi connectivity index (χ2v) is 40.4. The lowest BCUT2D eigenvalue weighted by Gasteiger charge is -2.39. The monoisotopic (exact) mass is 1820 g/mol. The third-order valence-corrected chi connectivity index (χ3v) is 31.4.